The van der Waals surface area contributed by atoms with Gasteiger partial charge in [-0.15, -0.1) is 0 Å². The van der Waals surface area contributed by atoms with Gasteiger partial charge >= 0.3 is 0 Å². The Labute approximate surface area is 161 Å². The predicted molar refractivity (Wildman–Crippen MR) is 112 cm³/mol. The molecule has 0 aliphatic rings. The van der Waals surface area contributed by atoms with E-state index in [0.29, 0.717) is 12.2 Å². The number of aryl methyl sites for hydroxylation is 2. The van der Waals surface area contributed by atoms with Gasteiger partial charge in [-0.3, -0.25) is 4.79 Å². The van der Waals surface area contributed by atoms with Crippen molar-refractivity contribution in [1.82, 2.24) is 9.55 Å². The summed E-state index contributed by atoms with van der Waals surface area (Å²) in [5.41, 5.74) is 6.63. The van der Waals surface area contributed by atoms with Crippen molar-refractivity contribution in [1.29, 1.82) is 0 Å². The molecule has 2 aromatic heterocycles. The van der Waals surface area contributed by atoms with Crippen LogP contribution in [0.25, 0.3) is 11.0 Å². The summed E-state index contributed by atoms with van der Waals surface area (Å²) in [6.45, 7) is 13.2. The van der Waals surface area contributed by atoms with E-state index in [1.165, 1.54) is 11.3 Å². The Morgan fingerprint density at radius 2 is 1.78 bits per heavy atom. The SMILES string of the molecule is Cc1cc2c(nc1NC(=O)CC(C)(C)C)c(C)c(C)n2Cc1ccccc1. The van der Waals surface area contributed by atoms with Gasteiger partial charge < -0.3 is 9.88 Å². The summed E-state index contributed by atoms with van der Waals surface area (Å²) in [5, 5.41) is 3.01. The van der Waals surface area contributed by atoms with Crippen LogP contribution in [-0.2, 0) is 11.3 Å². The first-order chi connectivity index (χ1) is 12.7. The molecule has 4 nitrogen and oxygen atoms in total. The van der Waals surface area contributed by atoms with E-state index in [4.69, 9.17) is 4.98 Å². The number of nitrogens with one attached hydrogen (secondary N) is 1. The van der Waals surface area contributed by atoms with Crippen molar-refractivity contribution < 1.29 is 4.79 Å². The third kappa shape index (κ3) is 4.21. The Hall–Kier alpha value is -2.62. The molecule has 0 unspecified atom stereocenters. The van der Waals surface area contributed by atoms with Crippen molar-refractivity contribution >= 4 is 22.8 Å². The molecule has 0 radical (unpaired) electrons. The highest BCUT2D eigenvalue weighted by Crippen LogP contribution is 2.29. The van der Waals surface area contributed by atoms with Crippen LogP contribution in [0.3, 0.4) is 0 Å². The molecule has 1 amide bonds. The van der Waals surface area contributed by atoms with E-state index in [9.17, 15) is 4.79 Å². The summed E-state index contributed by atoms with van der Waals surface area (Å²) in [7, 11) is 0. The van der Waals surface area contributed by atoms with Crippen molar-refractivity contribution in [3.8, 4) is 0 Å². The number of amides is 1. The van der Waals surface area contributed by atoms with Crippen LogP contribution in [-0.4, -0.2) is 15.5 Å². The van der Waals surface area contributed by atoms with Gasteiger partial charge in [-0.1, -0.05) is 51.1 Å². The van der Waals surface area contributed by atoms with Crippen LogP contribution < -0.4 is 5.32 Å². The number of benzene rings is 1. The van der Waals surface area contributed by atoms with Gasteiger partial charge in [0, 0.05) is 18.7 Å². The number of anilines is 1. The Morgan fingerprint density at radius 3 is 2.41 bits per heavy atom. The lowest BCUT2D eigenvalue weighted by atomic mass is 9.92. The van der Waals surface area contributed by atoms with E-state index < -0.39 is 0 Å². The molecule has 3 aromatic rings. The summed E-state index contributed by atoms with van der Waals surface area (Å²) in [6, 6.07) is 12.6. The van der Waals surface area contributed by atoms with Gasteiger partial charge in [-0.2, -0.15) is 0 Å². The molecule has 0 fully saturated rings. The minimum atomic E-state index is -0.0480. The summed E-state index contributed by atoms with van der Waals surface area (Å²) in [6.07, 6.45) is 0.471. The fourth-order valence-corrected chi connectivity index (χ4v) is 3.39. The lowest BCUT2D eigenvalue weighted by molar-refractivity contribution is -0.117. The van der Waals surface area contributed by atoms with Crippen molar-refractivity contribution in [2.75, 3.05) is 5.32 Å². The second-order valence-corrected chi connectivity index (χ2v) is 8.59. The van der Waals surface area contributed by atoms with Crippen LogP contribution >= 0.6 is 0 Å². The molecule has 4 heteroatoms. The molecule has 0 bridgehead atoms. The van der Waals surface area contributed by atoms with E-state index in [1.807, 2.05) is 13.0 Å². The van der Waals surface area contributed by atoms with E-state index >= 15 is 0 Å². The van der Waals surface area contributed by atoms with E-state index in [0.717, 1.165) is 28.7 Å². The average Bonchev–Trinajstić information content (AvgIpc) is 2.79. The Morgan fingerprint density at radius 1 is 1.11 bits per heavy atom. The zero-order valence-corrected chi connectivity index (χ0v) is 17.2. The summed E-state index contributed by atoms with van der Waals surface area (Å²) in [5.74, 6) is 0.673. The van der Waals surface area contributed by atoms with Crippen LogP contribution in [0, 0.1) is 26.2 Å². The van der Waals surface area contributed by atoms with Crippen molar-refractivity contribution in [3.63, 3.8) is 0 Å². The zero-order chi connectivity index (χ0) is 19.8. The maximum Gasteiger partial charge on any atom is 0.226 e. The lowest BCUT2D eigenvalue weighted by Crippen LogP contribution is -2.20. The van der Waals surface area contributed by atoms with Gasteiger partial charge in [0.05, 0.1) is 11.0 Å². The molecule has 1 aromatic carbocycles. The van der Waals surface area contributed by atoms with Crippen LogP contribution in [0.2, 0.25) is 0 Å². The molecule has 0 saturated heterocycles. The van der Waals surface area contributed by atoms with Gasteiger partial charge in [0.1, 0.15) is 5.82 Å². The van der Waals surface area contributed by atoms with Gasteiger partial charge in [-0.05, 0) is 48.9 Å². The largest absolute Gasteiger partial charge is 0.339 e. The first kappa shape index (κ1) is 19.2. The summed E-state index contributed by atoms with van der Waals surface area (Å²) < 4.78 is 2.31. The monoisotopic (exact) mass is 363 g/mol. The van der Waals surface area contributed by atoms with Gasteiger partial charge in [-0.25, -0.2) is 4.98 Å². The van der Waals surface area contributed by atoms with Crippen molar-refractivity contribution in [2.45, 2.75) is 54.5 Å². The highest BCUT2D eigenvalue weighted by Gasteiger charge is 2.19. The number of rotatable bonds is 4. The normalized spacial score (nSPS) is 11.8. The predicted octanol–water partition coefficient (Wildman–Crippen LogP) is 5.38. The Bertz CT molecular complexity index is 979. The fraction of sp³-hybridized carbons (Fsp3) is 0.391. The maximum absolute atomic E-state index is 12.4. The van der Waals surface area contributed by atoms with Crippen LogP contribution in [0.4, 0.5) is 5.82 Å². The molecule has 27 heavy (non-hydrogen) atoms. The first-order valence-corrected chi connectivity index (χ1v) is 9.46. The molecule has 0 atom stereocenters. The second kappa shape index (κ2) is 7.18. The number of hydrogen-bond donors (Lipinski definition) is 1. The number of aromatic nitrogens is 2. The van der Waals surface area contributed by atoms with Gasteiger partial charge in [0.15, 0.2) is 0 Å². The zero-order valence-electron chi connectivity index (χ0n) is 17.2. The smallest absolute Gasteiger partial charge is 0.226 e. The van der Waals surface area contributed by atoms with Crippen LogP contribution in [0.1, 0.15) is 49.6 Å². The molecular weight excluding hydrogens is 334 g/mol. The molecule has 1 N–H and O–H groups in total. The lowest BCUT2D eigenvalue weighted by Gasteiger charge is -2.17. The van der Waals surface area contributed by atoms with Crippen LogP contribution in [0.15, 0.2) is 36.4 Å². The highest BCUT2D eigenvalue weighted by molar-refractivity contribution is 5.93. The van der Waals surface area contributed by atoms with Gasteiger partial charge in [0.2, 0.25) is 5.91 Å². The molecule has 0 saturated carbocycles. The number of pyridine rings is 1. The molecule has 142 valence electrons. The minimum Gasteiger partial charge on any atom is -0.339 e. The number of fused-ring (bicyclic) bond motifs is 1. The molecular formula is C23H29N3O. The number of nitrogens with zero attached hydrogens (tertiary/aromatic N) is 2. The summed E-state index contributed by atoms with van der Waals surface area (Å²) >= 11 is 0. The molecule has 0 spiro atoms. The second-order valence-electron chi connectivity index (χ2n) is 8.59. The minimum absolute atomic E-state index is 0.00976. The first-order valence-electron chi connectivity index (χ1n) is 9.46. The summed E-state index contributed by atoms with van der Waals surface area (Å²) in [4.78, 5) is 17.2. The number of carbonyl (C=O) groups excluding carboxylic acids is 1. The Kier molecular flexibility index (Phi) is 5.09. The van der Waals surface area contributed by atoms with Gasteiger partial charge in [0.25, 0.3) is 0 Å². The number of hydrogen-bond acceptors (Lipinski definition) is 2. The topological polar surface area (TPSA) is 46.9 Å². The quantitative estimate of drug-likeness (QED) is 0.676. The molecule has 3 rings (SSSR count). The van der Waals surface area contributed by atoms with Crippen molar-refractivity contribution in [3.05, 3.63) is 58.8 Å². The third-order valence-corrected chi connectivity index (χ3v) is 4.92. The molecule has 2 heterocycles. The molecule has 0 aliphatic heterocycles. The Balaban J connectivity index is 1.98. The van der Waals surface area contributed by atoms with E-state index in [1.54, 1.807) is 0 Å². The van der Waals surface area contributed by atoms with E-state index in [-0.39, 0.29) is 11.3 Å². The highest BCUT2D eigenvalue weighted by atomic mass is 16.1. The van der Waals surface area contributed by atoms with Crippen molar-refractivity contribution in [2.24, 2.45) is 5.41 Å². The average molecular weight is 364 g/mol. The molecule has 0 aliphatic carbocycles. The number of carbonyl (C=O) groups is 1. The fourth-order valence-electron chi connectivity index (χ4n) is 3.39. The third-order valence-electron chi connectivity index (χ3n) is 4.92. The van der Waals surface area contributed by atoms with Crippen LogP contribution in [0.5, 0.6) is 0 Å². The standard InChI is InChI=1S/C23H29N3O/c1-15-12-19-21(25-22(15)24-20(27)13-23(4,5)6)16(2)17(3)26(19)14-18-10-8-7-9-11-18/h7-12H,13-14H2,1-6H3,(H,24,25,27). The van der Waals surface area contributed by atoms with E-state index in [2.05, 4.69) is 74.8 Å². The maximum atomic E-state index is 12.4.